The molecule has 10 aromatic rings. The molecule has 0 bridgehead atoms. The Balaban J connectivity index is 1.19. The highest BCUT2D eigenvalue weighted by Crippen LogP contribution is 2.44. The fourth-order valence-electron chi connectivity index (χ4n) is 8.69. The zero-order valence-electron chi connectivity index (χ0n) is 26.3. The lowest BCUT2D eigenvalue weighted by molar-refractivity contribution is 0.955. The smallest absolute Gasteiger partial charge is 0.0548 e. The molecule has 224 valence electrons. The molecule has 11 rings (SSSR count). The Labute approximate surface area is 277 Å². The molecular formula is C46H30N2. The number of benzene rings is 8. The van der Waals surface area contributed by atoms with Gasteiger partial charge in [0.1, 0.15) is 0 Å². The minimum Gasteiger partial charge on any atom is -0.313 e. The molecule has 0 amide bonds. The van der Waals surface area contributed by atoms with Gasteiger partial charge in [0.05, 0.1) is 22.1 Å². The summed E-state index contributed by atoms with van der Waals surface area (Å²) in [6, 6.07) is 56.1. The van der Waals surface area contributed by atoms with Crippen LogP contribution in [0.1, 0.15) is 17.5 Å². The number of aromatic nitrogens is 2. The van der Waals surface area contributed by atoms with Gasteiger partial charge < -0.3 is 9.13 Å². The third kappa shape index (κ3) is 3.52. The van der Waals surface area contributed by atoms with E-state index in [2.05, 4.69) is 167 Å². The van der Waals surface area contributed by atoms with Crippen molar-refractivity contribution in [3.63, 3.8) is 0 Å². The molecule has 1 aliphatic rings. The minimum absolute atomic E-state index is 1.00. The van der Waals surface area contributed by atoms with E-state index in [9.17, 15) is 0 Å². The lowest BCUT2D eigenvalue weighted by atomic mass is 9.90. The monoisotopic (exact) mass is 610 g/mol. The second kappa shape index (κ2) is 9.70. The van der Waals surface area contributed by atoms with Crippen LogP contribution in [0.3, 0.4) is 0 Å². The van der Waals surface area contributed by atoms with Gasteiger partial charge in [0.2, 0.25) is 0 Å². The minimum atomic E-state index is 1.00. The van der Waals surface area contributed by atoms with E-state index in [0.717, 1.165) is 12.8 Å². The molecule has 0 aliphatic heterocycles. The van der Waals surface area contributed by atoms with Crippen molar-refractivity contribution in [2.75, 3.05) is 0 Å². The fourth-order valence-corrected chi connectivity index (χ4v) is 8.69. The Morgan fingerprint density at radius 1 is 0.375 bits per heavy atom. The molecule has 1 aliphatic carbocycles. The first-order valence-corrected chi connectivity index (χ1v) is 16.9. The summed E-state index contributed by atoms with van der Waals surface area (Å²) < 4.78 is 5.00. The van der Waals surface area contributed by atoms with Crippen molar-refractivity contribution in [3.05, 3.63) is 163 Å². The van der Waals surface area contributed by atoms with Crippen molar-refractivity contribution >= 4 is 87.7 Å². The fraction of sp³-hybridized carbons (Fsp3) is 0.0435. The van der Waals surface area contributed by atoms with Gasteiger partial charge in [0.25, 0.3) is 0 Å². The van der Waals surface area contributed by atoms with Crippen molar-refractivity contribution in [1.82, 2.24) is 9.13 Å². The van der Waals surface area contributed by atoms with Gasteiger partial charge in [-0.25, -0.2) is 0 Å². The van der Waals surface area contributed by atoms with E-state index < -0.39 is 0 Å². The standard InChI is InChI=1S/C46H30N2/c1-3-11-35-29(9-1)17-19-31-27-33(21-23-37(31)35)47-41-15-7-5-13-39(41)45-43(47)25-26-44-46(45)40-14-6-8-16-42(40)48(44)34-22-24-38-32(28-34)20-18-30-10-2-4-12-36(30)38/h1-21,23,25-28H,22,24H2. The molecule has 0 N–H and O–H groups in total. The van der Waals surface area contributed by atoms with Crippen LogP contribution in [0, 0.1) is 0 Å². The number of aryl methyl sites for hydroxylation is 1. The summed E-state index contributed by atoms with van der Waals surface area (Å²) in [4.78, 5) is 0. The van der Waals surface area contributed by atoms with E-state index in [1.807, 2.05) is 0 Å². The van der Waals surface area contributed by atoms with Gasteiger partial charge in [0.15, 0.2) is 0 Å². The first kappa shape index (κ1) is 26.0. The highest BCUT2D eigenvalue weighted by molar-refractivity contribution is 6.29. The van der Waals surface area contributed by atoms with E-state index in [0.29, 0.717) is 0 Å². The molecule has 2 heteroatoms. The Morgan fingerprint density at radius 2 is 0.938 bits per heavy atom. The highest BCUT2D eigenvalue weighted by atomic mass is 15.0. The van der Waals surface area contributed by atoms with E-state index in [1.165, 1.54) is 98.4 Å². The second-order valence-corrected chi connectivity index (χ2v) is 13.2. The topological polar surface area (TPSA) is 9.86 Å². The largest absolute Gasteiger partial charge is 0.313 e. The summed E-state index contributed by atoms with van der Waals surface area (Å²) in [5.41, 5.74) is 10.3. The van der Waals surface area contributed by atoms with Crippen molar-refractivity contribution in [2.24, 2.45) is 0 Å². The quantitative estimate of drug-likeness (QED) is 0.172. The maximum atomic E-state index is 2.54. The number of hydrogen-bond donors (Lipinski definition) is 0. The number of para-hydroxylation sites is 2. The predicted molar refractivity (Wildman–Crippen MR) is 205 cm³/mol. The van der Waals surface area contributed by atoms with E-state index >= 15 is 0 Å². The molecule has 2 heterocycles. The number of hydrogen-bond acceptors (Lipinski definition) is 0. The molecule has 0 fully saturated rings. The normalized spacial score (nSPS) is 13.4. The maximum Gasteiger partial charge on any atom is 0.0548 e. The molecule has 0 radical (unpaired) electrons. The SMILES string of the molecule is C1=C(n2c3ccccc3c3c4c5ccccc5n(-c5ccc6c(ccc7ccccc76)c5)c4ccc32)CCc2c1ccc1ccccc21. The van der Waals surface area contributed by atoms with Crippen LogP contribution in [0.4, 0.5) is 0 Å². The zero-order valence-corrected chi connectivity index (χ0v) is 26.3. The van der Waals surface area contributed by atoms with Gasteiger partial charge in [0, 0.05) is 32.9 Å². The van der Waals surface area contributed by atoms with Crippen LogP contribution >= 0.6 is 0 Å². The molecule has 0 atom stereocenters. The molecular weight excluding hydrogens is 581 g/mol. The highest BCUT2D eigenvalue weighted by Gasteiger charge is 2.23. The predicted octanol–water partition coefficient (Wildman–Crippen LogP) is 12.3. The summed E-state index contributed by atoms with van der Waals surface area (Å²) in [5.74, 6) is 0. The van der Waals surface area contributed by atoms with Crippen LogP contribution in [-0.2, 0) is 6.42 Å². The lowest BCUT2D eigenvalue weighted by Crippen LogP contribution is -2.05. The van der Waals surface area contributed by atoms with Crippen LogP contribution < -0.4 is 0 Å². The van der Waals surface area contributed by atoms with Gasteiger partial charge in [-0.2, -0.15) is 0 Å². The second-order valence-electron chi connectivity index (χ2n) is 13.2. The van der Waals surface area contributed by atoms with Gasteiger partial charge >= 0.3 is 0 Å². The molecule has 2 nitrogen and oxygen atoms in total. The van der Waals surface area contributed by atoms with Crippen molar-refractivity contribution < 1.29 is 0 Å². The summed E-state index contributed by atoms with van der Waals surface area (Å²) in [7, 11) is 0. The average Bonchev–Trinajstić information content (AvgIpc) is 3.67. The summed E-state index contributed by atoms with van der Waals surface area (Å²) in [5, 5.41) is 13.1. The third-order valence-corrected chi connectivity index (χ3v) is 10.8. The first-order chi connectivity index (χ1) is 23.8. The number of rotatable bonds is 2. The van der Waals surface area contributed by atoms with Gasteiger partial charge in [-0.3, -0.25) is 0 Å². The number of nitrogens with zero attached hydrogens (tertiary/aromatic N) is 2. The molecule has 0 unspecified atom stereocenters. The third-order valence-electron chi connectivity index (χ3n) is 10.8. The summed E-state index contributed by atoms with van der Waals surface area (Å²) in [6.07, 6.45) is 4.47. The number of fused-ring (bicyclic) bond motifs is 13. The number of allylic oxidation sites excluding steroid dienone is 1. The first-order valence-electron chi connectivity index (χ1n) is 16.9. The Morgan fingerprint density at radius 3 is 1.71 bits per heavy atom. The molecule has 0 saturated heterocycles. The maximum absolute atomic E-state index is 2.54. The van der Waals surface area contributed by atoms with Gasteiger partial charge in [-0.05, 0) is 98.8 Å². The van der Waals surface area contributed by atoms with Crippen molar-refractivity contribution in [1.29, 1.82) is 0 Å². The van der Waals surface area contributed by atoms with Crippen LogP contribution in [0.5, 0.6) is 0 Å². The lowest BCUT2D eigenvalue weighted by Gasteiger charge is -2.21. The summed E-state index contributed by atoms with van der Waals surface area (Å²) >= 11 is 0. The Hall–Kier alpha value is -6.12. The molecule has 0 saturated carbocycles. The van der Waals surface area contributed by atoms with E-state index in [4.69, 9.17) is 0 Å². The van der Waals surface area contributed by atoms with Crippen molar-refractivity contribution in [3.8, 4) is 5.69 Å². The van der Waals surface area contributed by atoms with Crippen LogP contribution in [-0.4, -0.2) is 9.13 Å². The van der Waals surface area contributed by atoms with Gasteiger partial charge in [-0.15, -0.1) is 0 Å². The van der Waals surface area contributed by atoms with E-state index in [1.54, 1.807) is 0 Å². The molecule has 2 aromatic heterocycles. The summed E-state index contributed by atoms with van der Waals surface area (Å²) in [6.45, 7) is 0. The zero-order chi connectivity index (χ0) is 31.3. The molecule has 8 aromatic carbocycles. The molecule has 48 heavy (non-hydrogen) atoms. The Bertz CT molecular complexity index is 3000. The average molecular weight is 611 g/mol. The van der Waals surface area contributed by atoms with Crippen LogP contribution in [0.15, 0.2) is 152 Å². The van der Waals surface area contributed by atoms with Crippen LogP contribution in [0.2, 0.25) is 0 Å². The van der Waals surface area contributed by atoms with Crippen LogP contribution in [0.25, 0.3) is 93.4 Å². The Kier molecular flexibility index (Phi) is 5.25. The van der Waals surface area contributed by atoms with Gasteiger partial charge in [-0.1, -0.05) is 115 Å². The molecule has 0 spiro atoms. The van der Waals surface area contributed by atoms with E-state index in [-0.39, 0.29) is 0 Å². The van der Waals surface area contributed by atoms with Crippen molar-refractivity contribution in [2.45, 2.75) is 12.8 Å².